The van der Waals surface area contributed by atoms with Crippen molar-refractivity contribution >= 4 is 0 Å². The van der Waals surface area contributed by atoms with E-state index in [2.05, 4.69) is 5.32 Å². The Hall–Kier alpha value is -0.0800. The minimum atomic E-state index is 0.354. The summed E-state index contributed by atoms with van der Waals surface area (Å²) < 4.78 is 0. The van der Waals surface area contributed by atoms with E-state index >= 15 is 0 Å². The molecule has 0 radical (unpaired) electrons. The van der Waals surface area contributed by atoms with E-state index in [1.807, 2.05) is 13.8 Å². The molecule has 1 aliphatic heterocycles. The van der Waals surface area contributed by atoms with E-state index in [-0.39, 0.29) is 0 Å². The highest BCUT2D eigenvalue weighted by atomic mass is 16.3. The second-order valence-electron chi connectivity index (χ2n) is 2.04. The predicted octanol–water partition coefficient (Wildman–Crippen LogP) is 0.614. The smallest absolute Gasteiger partial charge is 0.0471 e. The molecular weight excluding hydrogens is 114 g/mol. The second-order valence-corrected chi connectivity index (χ2v) is 2.04. The quantitative estimate of drug-likeness (QED) is 0.546. The van der Waals surface area contributed by atoms with Gasteiger partial charge >= 0.3 is 0 Å². The zero-order chi connectivity index (χ0) is 7.11. The normalized spacial score (nSPS) is 25.0. The Balaban J connectivity index is 0.000000291. The van der Waals surface area contributed by atoms with Gasteiger partial charge in [0.1, 0.15) is 0 Å². The molecule has 1 aliphatic rings. The van der Waals surface area contributed by atoms with Gasteiger partial charge in [0.05, 0.1) is 0 Å². The highest BCUT2D eigenvalue weighted by Crippen LogP contribution is 2.03. The van der Waals surface area contributed by atoms with Crippen LogP contribution in [0.4, 0.5) is 0 Å². The maximum Gasteiger partial charge on any atom is 0.0471 e. The summed E-state index contributed by atoms with van der Waals surface area (Å²) in [5.74, 6) is 0.542. The van der Waals surface area contributed by atoms with Gasteiger partial charge in [0, 0.05) is 13.2 Å². The van der Waals surface area contributed by atoms with E-state index in [1.54, 1.807) is 0 Å². The largest absolute Gasteiger partial charge is 0.396 e. The van der Waals surface area contributed by atoms with Gasteiger partial charge in [0.25, 0.3) is 0 Å². The molecule has 1 saturated heterocycles. The van der Waals surface area contributed by atoms with Crippen molar-refractivity contribution in [3.63, 3.8) is 0 Å². The third-order valence-electron chi connectivity index (χ3n) is 1.42. The van der Waals surface area contributed by atoms with E-state index < -0.39 is 0 Å². The molecule has 2 nitrogen and oxygen atoms in total. The first-order chi connectivity index (χ1) is 4.43. The average molecular weight is 131 g/mol. The Morgan fingerprint density at radius 1 is 1.56 bits per heavy atom. The number of rotatable bonds is 1. The third-order valence-corrected chi connectivity index (χ3v) is 1.42. The Bertz CT molecular complexity index is 50.9. The Labute approximate surface area is 57.3 Å². The van der Waals surface area contributed by atoms with Crippen LogP contribution in [0.15, 0.2) is 0 Å². The number of aliphatic hydroxyl groups is 1. The van der Waals surface area contributed by atoms with Crippen molar-refractivity contribution in [1.29, 1.82) is 0 Å². The van der Waals surface area contributed by atoms with Crippen LogP contribution in [-0.4, -0.2) is 24.8 Å². The van der Waals surface area contributed by atoms with Crippen LogP contribution in [0.3, 0.4) is 0 Å². The molecule has 0 aromatic rings. The van der Waals surface area contributed by atoms with Crippen LogP contribution in [-0.2, 0) is 0 Å². The molecule has 0 amide bonds. The van der Waals surface area contributed by atoms with E-state index in [1.165, 1.54) is 0 Å². The van der Waals surface area contributed by atoms with Gasteiger partial charge in [-0.3, -0.25) is 0 Å². The van der Waals surface area contributed by atoms with Crippen molar-refractivity contribution in [2.45, 2.75) is 20.3 Å². The van der Waals surface area contributed by atoms with Gasteiger partial charge in [-0.1, -0.05) is 13.8 Å². The topological polar surface area (TPSA) is 32.3 Å². The highest BCUT2D eigenvalue weighted by molar-refractivity contribution is 4.68. The lowest BCUT2D eigenvalue weighted by molar-refractivity contribution is 0.237. The summed E-state index contributed by atoms with van der Waals surface area (Å²) in [5.41, 5.74) is 0. The fourth-order valence-electron chi connectivity index (χ4n) is 0.870. The van der Waals surface area contributed by atoms with Gasteiger partial charge in [-0.15, -0.1) is 0 Å². The summed E-state index contributed by atoms with van der Waals surface area (Å²) in [6.07, 6.45) is 1.15. The summed E-state index contributed by atoms with van der Waals surface area (Å²) >= 11 is 0. The Morgan fingerprint density at radius 3 is 2.44 bits per heavy atom. The zero-order valence-corrected chi connectivity index (χ0v) is 6.35. The first-order valence-electron chi connectivity index (χ1n) is 3.75. The van der Waals surface area contributed by atoms with Gasteiger partial charge in [-0.05, 0) is 18.9 Å². The molecule has 1 atom stereocenters. The number of aliphatic hydroxyl groups excluding tert-OH is 1. The average Bonchev–Trinajstić information content (AvgIpc) is 2.43. The van der Waals surface area contributed by atoms with Crippen molar-refractivity contribution in [2.24, 2.45) is 5.92 Å². The predicted molar refractivity (Wildman–Crippen MR) is 39.4 cm³/mol. The number of hydrogen-bond donors (Lipinski definition) is 2. The van der Waals surface area contributed by atoms with Gasteiger partial charge in [-0.25, -0.2) is 0 Å². The molecule has 0 saturated carbocycles. The summed E-state index contributed by atoms with van der Waals surface area (Å²) in [6.45, 7) is 6.45. The molecule has 0 spiro atoms. The number of hydrogen-bond acceptors (Lipinski definition) is 2. The number of nitrogens with one attached hydrogen (secondary N) is 1. The molecule has 0 aliphatic carbocycles. The van der Waals surface area contributed by atoms with Crippen LogP contribution in [0.1, 0.15) is 20.3 Å². The monoisotopic (exact) mass is 131 g/mol. The van der Waals surface area contributed by atoms with E-state index in [9.17, 15) is 0 Å². The third kappa shape index (κ3) is 3.49. The van der Waals surface area contributed by atoms with Crippen molar-refractivity contribution < 1.29 is 5.11 Å². The van der Waals surface area contributed by atoms with E-state index in [4.69, 9.17) is 5.11 Å². The SMILES string of the molecule is CC.OC[C@H]1CCNC1. The molecule has 0 unspecified atom stereocenters. The van der Waals surface area contributed by atoms with Gasteiger partial charge < -0.3 is 10.4 Å². The lowest BCUT2D eigenvalue weighted by atomic mass is 10.1. The van der Waals surface area contributed by atoms with E-state index in [0.29, 0.717) is 12.5 Å². The lowest BCUT2D eigenvalue weighted by Gasteiger charge is -1.98. The van der Waals surface area contributed by atoms with Crippen LogP contribution < -0.4 is 5.32 Å². The first-order valence-corrected chi connectivity index (χ1v) is 3.75. The fraction of sp³-hybridized carbons (Fsp3) is 1.00. The first kappa shape index (κ1) is 8.92. The minimum absolute atomic E-state index is 0.354. The zero-order valence-electron chi connectivity index (χ0n) is 6.35. The van der Waals surface area contributed by atoms with Crippen molar-refractivity contribution in [1.82, 2.24) is 5.32 Å². The fourth-order valence-corrected chi connectivity index (χ4v) is 0.870. The van der Waals surface area contributed by atoms with Crippen molar-refractivity contribution in [3.05, 3.63) is 0 Å². The molecule has 2 N–H and O–H groups in total. The molecule has 1 fully saturated rings. The molecular formula is C7H17NO. The molecule has 1 rings (SSSR count). The summed E-state index contributed by atoms with van der Waals surface area (Å²) in [7, 11) is 0. The van der Waals surface area contributed by atoms with Gasteiger partial charge in [-0.2, -0.15) is 0 Å². The van der Waals surface area contributed by atoms with Crippen LogP contribution in [0, 0.1) is 5.92 Å². The van der Waals surface area contributed by atoms with Crippen molar-refractivity contribution in [3.8, 4) is 0 Å². The van der Waals surface area contributed by atoms with E-state index in [0.717, 1.165) is 19.5 Å². The molecule has 0 aromatic heterocycles. The van der Waals surface area contributed by atoms with Crippen LogP contribution in [0.25, 0.3) is 0 Å². The summed E-state index contributed by atoms with van der Waals surface area (Å²) in [6, 6.07) is 0. The Kier molecular flexibility index (Phi) is 5.99. The summed E-state index contributed by atoms with van der Waals surface area (Å²) in [4.78, 5) is 0. The summed E-state index contributed by atoms with van der Waals surface area (Å²) in [5, 5.41) is 11.7. The molecule has 56 valence electrons. The molecule has 0 bridgehead atoms. The van der Waals surface area contributed by atoms with Crippen LogP contribution in [0.2, 0.25) is 0 Å². The van der Waals surface area contributed by atoms with Gasteiger partial charge in [0.15, 0.2) is 0 Å². The standard InChI is InChI=1S/C5H11NO.C2H6/c7-4-5-1-2-6-3-5;1-2/h5-7H,1-4H2;1-2H3/t5-;/m0./s1. The molecule has 0 aromatic carbocycles. The minimum Gasteiger partial charge on any atom is -0.396 e. The lowest BCUT2D eigenvalue weighted by Crippen LogP contribution is -2.11. The maximum absolute atomic E-state index is 8.53. The van der Waals surface area contributed by atoms with Crippen molar-refractivity contribution in [2.75, 3.05) is 19.7 Å². The van der Waals surface area contributed by atoms with Gasteiger partial charge in [0.2, 0.25) is 0 Å². The van der Waals surface area contributed by atoms with Crippen LogP contribution in [0.5, 0.6) is 0 Å². The molecule has 9 heavy (non-hydrogen) atoms. The molecule has 2 heteroatoms. The molecule has 1 heterocycles. The highest BCUT2D eigenvalue weighted by Gasteiger charge is 2.11. The Morgan fingerprint density at radius 2 is 2.22 bits per heavy atom. The van der Waals surface area contributed by atoms with Crippen LogP contribution >= 0.6 is 0 Å². The maximum atomic E-state index is 8.53. The second kappa shape index (κ2) is 6.05.